The molecule has 1 aliphatic heterocycles. The summed E-state index contributed by atoms with van der Waals surface area (Å²) < 4.78 is 5.36. The van der Waals surface area contributed by atoms with Crippen molar-refractivity contribution in [1.29, 1.82) is 0 Å². The molecule has 0 aromatic heterocycles. The normalized spacial score (nSPS) is 15.1. The van der Waals surface area contributed by atoms with Crippen LogP contribution in [0.25, 0.3) is 0 Å². The molecule has 0 bridgehead atoms. The van der Waals surface area contributed by atoms with E-state index in [0.29, 0.717) is 11.3 Å². The van der Waals surface area contributed by atoms with Crippen LogP contribution in [0.15, 0.2) is 42.5 Å². The zero-order valence-corrected chi connectivity index (χ0v) is 17.1. The van der Waals surface area contributed by atoms with Gasteiger partial charge in [-0.1, -0.05) is 39.0 Å². The molecule has 1 fully saturated rings. The van der Waals surface area contributed by atoms with Crippen molar-refractivity contribution in [1.82, 2.24) is 4.90 Å². The number of rotatable bonds is 5. The van der Waals surface area contributed by atoms with E-state index >= 15 is 0 Å². The predicted molar refractivity (Wildman–Crippen MR) is 112 cm³/mol. The first-order chi connectivity index (χ1) is 13.7. The molecule has 2 aromatic carbocycles. The van der Waals surface area contributed by atoms with Gasteiger partial charge in [0.25, 0.3) is 11.6 Å². The molecule has 2 aromatic rings. The summed E-state index contributed by atoms with van der Waals surface area (Å²) in [7, 11) is 0. The number of carbonyl (C=O) groups excluding carboxylic acids is 1. The lowest BCUT2D eigenvalue weighted by Crippen LogP contribution is -2.35. The number of amides is 1. The molecule has 0 aliphatic carbocycles. The van der Waals surface area contributed by atoms with Gasteiger partial charge < -0.3 is 10.1 Å². The molecular weight excluding hydrogens is 370 g/mol. The Labute approximate surface area is 170 Å². The van der Waals surface area contributed by atoms with E-state index in [1.165, 1.54) is 6.07 Å². The van der Waals surface area contributed by atoms with Crippen LogP contribution in [-0.4, -0.2) is 42.0 Å². The number of nitro groups is 1. The van der Waals surface area contributed by atoms with Crippen LogP contribution in [0.4, 0.5) is 11.4 Å². The molecule has 29 heavy (non-hydrogen) atoms. The molecule has 1 heterocycles. The van der Waals surface area contributed by atoms with E-state index in [9.17, 15) is 14.9 Å². The second-order valence-electron chi connectivity index (χ2n) is 8.28. The van der Waals surface area contributed by atoms with Gasteiger partial charge in [0.2, 0.25) is 0 Å². The lowest BCUT2D eigenvalue weighted by atomic mass is 9.85. The van der Waals surface area contributed by atoms with Gasteiger partial charge in [-0.25, -0.2) is 0 Å². The van der Waals surface area contributed by atoms with E-state index in [-0.39, 0.29) is 22.6 Å². The third-order valence-corrected chi connectivity index (χ3v) is 4.99. The number of hydrogen-bond acceptors (Lipinski definition) is 5. The molecule has 0 spiro atoms. The van der Waals surface area contributed by atoms with Gasteiger partial charge in [0.1, 0.15) is 0 Å². The van der Waals surface area contributed by atoms with Gasteiger partial charge in [-0.2, -0.15) is 0 Å². The topological polar surface area (TPSA) is 84.7 Å². The summed E-state index contributed by atoms with van der Waals surface area (Å²) in [5.74, 6) is -0.366. The number of morpholine rings is 1. The van der Waals surface area contributed by atoms with Gasteiger partial charge in [-0.05, 0) is 29.2 Å². The Morgan fingerprint density at radius 1 is 1.14 bits per heavy atom. The highest BCUT2D eigenvalue weighted by molar-refractivity contribution is 6.04. The Morgan fingerprint density at radius 3 is 2.38 bits per heavy atom. The molecule has 1 aliphatic rings. The Bertz CT molecular complexity index is 882. The number of nitrogens with zero attached hydrogens (tertiary/aromatic N) is 2. The summed E-state index contributed by atoms with van der Waals surface area (Å²) in [4.78, 5) is 26.0. The fourth-order valence-electron chi connectivity index (χ4n) is 3.37. The second kappa shape index (κ2) is 8.71. The molecule has 7 heteroatoms. The number of ether oxygens (including phenoxy) is 1. The maximum atomic E-state index is 12.6. The zero-order chi connectivity index (χ0) is 21.0. The number of carbonyl (C=O) groups is 1. The summed E-state index contributed by atoms with van der Waals surface area (Å²) in [5, 5.41) is 14.3. The van der Waals surface area contributed by atoms with Crippen LogP contribution in [0.3, 0.4) is 0 Å². The monoisotopic (exact) mass is 397 g/mol. The number of hydrogen-bond donors (Lipinski definition) is 1. The van der Waals surface area contributed by atoms with Crippen molar-refractivity contribution in [2.24, 2.45) is 0 Å². The second-order valence-corrected chi connectivity index (χ2v) is 8.28. The van der Waals surface area contributed by atoms with Gasteiger partial charge in [-0.3, -0.25) is 19.8 Å². The third kappa shape index (κ3) is 5.40. The molecule has 0 radical (unpaired) electrons. The number of nitro benzene ring substituents is 1. The maximum Gasteiger partial charge on any atom is 0.273 e. The van der Waals surface area contributed by atoms with Crippen LogP contribution in [-0.2, 0) is 16.7 Å². The van der Waals surface area contributed by atoms with Gasteiger partial charge in [0, 0.05) is 42.5 Å². The predicted octanol–water partition coefficient (Wildman–Crippen LogP) is 3.98. The molecule has 3 rings (SSSR count). The summed E-state index contributed by atoms with van der Waals surface area (Å²) in [6.45, 7) is 9.93. The fraction of sp³-hybridized carbons (Fsp3) is 0.409. The zero-order valence-electron chi connectivity index (χ0n) is 17.1. The SMILES string of the molecule is CC(C)(C)c1ccc(C(=O)Nc2ccc(CN3CCOCC3)cc2)cc1[N+](=O)[O-]. The van der Waals surface area contributed by atoms with Crippen LogP contribution in [0.2, 0.25) is 0 Å². The lowest BCUT2D eigenvalue weighted by Gasteiger charge is -2.26. The smallest absolute Gasteiger partial charge is 0.273 e. The van der Waals surface area contributed by atoms with Gasteiger partial charge in [0.15, 0.2) is 0 Å². The number of benzene rings is 2. The van der Waals surface area contributed by atoms with Crippen molar-refractivity contribution in [3.8, 4) is 0 Å². The van der Waals surface area contributed by atoms with E-state index in [0.717, 1.165) is 38.4 Å². The van der Waals surface area contributed by atoms with Gasteiger partial charge >= 0.3 is 0 Å². The molecule has 1 N–H and O–H groups in total. The Balaban J connectivity index is 1.69. The highest BCUT2D eigenvalue weighted by Crippen LogP contribution is 2.32. The first-order valence-electron chi connectivity index (χ1n) is 9.73. The Kier molecular flexibility index (Phi) is 6.30. The maximum absolute atomic E-state index is 12.6. The minimum atomic E-state index is -0.433. The van der Waals surface area contributed by atoms with Crippen molar-refractivity contribution in [2.45, 2.75) is 32.7 Å². The summed E-state index contributed by atoms with van der Waals surface area (Å²) >= 11 is 0. The van der Waals surface area contributed by atoms with E-state index in [1.807, 2.05) is 45.0 Å². The van der Waals surface area contributed by atoms with Gasteiger partial charge in [0.05, 0.1) is 18.1 Å². The molecule has 0 atom stereocenters. The highest BCUT2D eigenvalue weighted by Gasteiger charge is 2.26. The van der Waals surface area contributed by atoms with Crippen molar-refractivity contribution in [2.75, 3.05) is 31.6 Å². The van der Waals surface area contributed by atoms with Gasteiger partial charge in [-0.15, -0.1) is 0 Å². The van der Waals surface area contributed by atoms with E-state index < -0.39 is 4.92 Å². The highest BCUT2D eigenvalue weighted by atomic mass is 16.6. The molecule has 1 saturated heterocycles. The number of nitrogens with one attached hydrogen (secondary N) is 1. The average molecular weight is 397 g/mol. The largest absolute Gasteiger partial charge is 0.379 e. The van der Waals surface area contributed by atoms with E-state index in [1.54, 1.807) is 12.1 Å². The summed E-state index contributed by atoms with van der Waals surface area (Å²) in [5.41, 5.74) is 2.27. The van der Waals surface area contributed by atoms with Crippen LogP contribution in [0.5, 0.6) is 0 Å². The standard InChI is InChI=1S/C22H27N3O4/c1-22(2,3)19-9-6-17(14-20(19)25(27)28)21(26)23-18-7-4-16(5-8-18)15-24-10-12-29-13-11-24/h4-9,14H,10-13,15H2,1-3H3,(H,23,26). The lowest BCUT2D eigenvalue weighted by molar-refractivity contribution is -0.386. The van der Waals surface area contributed by atoms with Crippen LogP contribution < -0.4 is 5.32 Å². The van der Waals surface area contributed by atoms with Crippen LogP contribution in [0.1, 0.15) is 42.3 Å². The quantitative estimate of drug-likeness (QED) is 0.609. The van der Waals surface area contributed by atoms with E-state index in [4.69, 9.17) is 4.74 Å². The Hall–Kier alpha value is -2.77. The van der Waals surface area contributed by atoms with Crippen molar-refractivity contribution >= 4 is 17.3 Å². The van der Waals surface area contributed by atoms with Crippen LogP contribution in [0, 0.1) is 10.1 Å². The summed E-state index contributed by atoms with van der Waals surface area (Å²) in [6, 6.07) is 12.3. The molecule has 7 nitrogen and oxygen atoms in total. The summed E-state index contributed by atoms with van der Waals surface area (Å²) in [6.07, 6.45) is 0. The van der Waals surface area contributed by atoms with E-state index in [2.05, 4.69) is 10.2 Å². The first kappa shape index (κ1) is 21.0. The fourth-order valence-corrected chi connectivity index (χ4v) is 3.37. The Morgan fingerprint density at radius 2 is 1.79 bits per heavy atom. The first-order valence-corrected chi connectivity index (χ1v) is 9.73. The average Bonchev–Trinajstić information content (AvgIpc) is 2.69. The molecule has 0 saturated carbocycles. The minimum absolute atomic E-state index is 0.0361. The third-order valence-electron chi connectivity index (χ3n) is 4.99. The molecular formula is C22H27N3O4. The van der Waals surface area contributed by atoms with Crippen LogP contribution >= 0.6 is 0 Å². The van der Waals surface area contributed by atoms with Crippen molar-refractivity contribution < 1.29 is 14.5 Å². The van der Waals surface area contributed by atoms with Crippen molar-refractivity contribution in [3.63, 3.8) is 0 Å². The number of anilines is 1. The van der Waals surface area contributed by atoms with Crippen molar-refractivity contribution in [3.05, 3.63) is 69.3 Å². The molecule has 0 unspecified atom stereocenters. The molecule has 1 amide bonds. The minimum Gasteiger partial charge on any atom is -0.379 e. The molecule has 154 valence electrons.